The van der Waals surface area contributed by atoms with Crippen LogP contribution in [0, 0.1) is 5.92 Å². The lowest BCUT2D eigenvalue weighted by Gasteiger charge is -2.27. The zero-order chi connectivity index (χ0) is 15.9. The van der Waals surface area contributed by atoms with Crippen LogP contribution in [0.1, 0.15) is 29.9 Å². The van der Waals surface area contributed by atoms with Gasteiger partial charge in [0.1, 0.15) is 0 Å². The second kappa shape index (κ2) is 8.05. The third-order valence-corrected chi connectivity index (χ3v) is 3.35. The molecule has 0 bridgehead atoms. The maximum atomic E-state index is 12.3. The number of methoxy groups -OCH3 is 1. The number of aromatic nitrogens is 2. The van der Waals surface area contributed by atoms with E-state index in [-0.39, 0.29) is 12.5 Å². The highest BCUT2D eigenvalue weighted by Gasteiger charge is 2.19. The highest BCUT2D eigenvalue weighted by molar-refractivity contribution is 5.95. The first-order chi connectivity index (χ1) is 10.6. The summed E-state index contributed by atoms with van der Waals surface area (Å²) in [5.74, 6) is 0.855. The molecule has 1 aromatic rings. The molecule has 1 fully saturated rings. The molecule has 1 amide bonds. The third-order valence-electron chi connectivity index (χ3n) is 3.35. The van der Waals surface area contributed by atoms with E-state index in [4.69, 9.17) is 9.47 Å². The second-order valence-corrected chi connectivity index (χ2v) is 5.67. The maximum absolute atomic E-state index is 12.3. The number of nitrogens with one attached hydrogen (secondary N) is 1. The first kappa shape index (κ1) is 16.6. The molecule has 1 aromatic heterocycles. The Balaban J connectivity index is 2.17. The fourth-order valence-corrected chi connectivity index (χ4v) is 2.15. The molecule has 0 spiro atoms. The van der Waals surface area contributed by atoms with Crippen LogP contribution in [0.4, 0.5) is 5.95 Å². The van der Waals surface area contributed by atoms with Gasteiger partial charge in [-0.2, -0.15) is 0 Å². The van der Waals surface area contributed by atoms with E-state index in [1.165, 1.54) is 0 Å². The van der Waals surface area contributed by atoms with Crippen LogP contribution in [0.5, 0.6) is 0 Å². The van der Waals surface area contributed by atoms with Gasteiger partial charge >= 0.3 is 0 Å². The first-order valence-corrected chi connectivity index (χ1v) is 7.57. The van der Waals surface area contributed by atoms with Crippen LogP contribution >= 0.6 is 0 Å². The summed E-state index contributed by atoms with van der Waals surface area (Å²) in [5, 5.41) is 2.89. The summed E-state index contributed by atoms with van der Waals surface area (Å²) in [4.78, 5) is 23.2. The van der Waals surface area contributed by atoms with Gasteiger partial charge in [-0.15, -0.1) is 0 Å². The summed E-state index contributed by atoms with van der Waals surface area (Å²) in [7, 11) is 1.59. The van der Waals surface area contributed by atoms with Crippen molar-refractivity contribution in [3.63, 3.8) is 0 Å². The molecule has 0 aliphatic carbocycles. The van der Waals surface area contributed by atoms with E-state index in [1.807, 2.05) is 13.8 Å². The normalized spacial score (nSPS) is 15.2. The number of hydrogen-bond acceptors (Lipinski definition) is 6. The van der Waals surface area contributed by atoms with Crippen LogP contribution in [0.25, 0.3) is 0 Å². The summed E-state index contributed by atoms with van der Waals surface area (Å²) in [5.41, 5.74) is 1.08. The molecule has 7 heteroatoms. The zero-order valence-electron chi connectivity index (χ0n) is 13.5. The lowest BCUT2D eigenvalue weighted by molar-refractivity contribution is 0.0942. The molecule has 0 aromatic carbocycles. The molecule has 0 unspecified atom stereocenters. The quantitative estimate of drug-likeness (QED) is 0.839. The van der Waals surface area contributed by atoms with Crippen LogP contribution in [0.15, 0.2) is 6.20 Å². The van der Waals surface area contributed by atoms with Crippen LogP contribution in [-0.2, 0) is 16.1 Å². The van der Waals surface area contributed by atoms with Crippen LogP contribution in [0.3, 0.4) is 0 Å². The smallest absolute Gasteiger partial charge is 0.254 e. The molecular weight excluding hydrogens is 284 g/mol. The van der Waals surface area contributed by atoms with Gasteiger partial charge < -0.3 is 19.7 Å². The Kier molecular flexibility index (Phi) is 6.09. The molecule has 122 valence electrons. The lowest BCUT2D eigenvalue weighted by Crippen LogP contribution is -2.38. The van der Waals surface area contributed by atoms with E-state index in [2.05, 4.69) is 20.2 Å². The second-order valence-electron chi connectivity index (χ2n) is 5.67. The Hall–Kier alpha value is -1.73. The number of ether oxygens (including phenoxy) is 2. The van der Waals surface area contributed by atoms with E-state index in [0.29, 0.717) is 42.9 Å². The largest absolute Gasteiger partial charge is 0.378 e. The van der Waals surface area contributed by atoms with Crippen molar-refractivity contribution in [2.75, 3.05) is 44.9 Å². The van der Waals surface area contributed by atoms with Gasteiger partial charge in [-0.1, -0.05) is 13.8 Å². The monoisotopic (exact) mass is 308 g/mol. The van der Waals surface area contributed by atoms with Gasteiger partial charge in [0.2, 0.25) is 5.95 Å². The van der Waals surface area contributed by atoms with E-state index in [0.717, 1.165) is 13.1 Å². The van der Waals surface area contributed by atoms with Crippen LogP contribution < -0.4 is 10.2 Å². The summed E-state index contributed by atoms with van der Waals surface area (Å²) in [6.07, 6.45) is 1.59. The molecule has 2 heterocycles. The van der Waals surface area contributed by atoms with Crippen molar-refractivity contribution in [3.8, 4) is 0 Å². The van der Waals surface area contributed by atoms with Crippen molar-refractivity contribution in [1.82, 2.24) is 15.3 Å². The summed E-state index contributed by atoms with van der Waals surface area (Å²) in [6.45, 7) is 7.85. The van der Waals surface area contributed by atoms with Crippen LogP contribution in [-0.4, -0.2) is 55.8 Å². The summed E-state index contributed by atoms with van der Waals surface area (Å²) < 4.78 is 10.5. The molecule has 7 nitrogen and oxygen atoms in total. The fraction of sp³-hybridized carbons (Fsp3) is 0.667. The Morgan fingerprint density at radius 2 is 2.18 bits per heavy atom. The van der Waals surface area contributed by atoms with Gasteiger partial charge in [0.05, 0.1) is 31.1 Å². The number of rotatable bonds is 6. The van der Waals surface area contributed by atoms with E-state index < -0.39 is 0 Å². The van der Waals surface area contributed by atoms with Gasteiger partial charge in [0.15, 0.2) is 0 Å². The minimum atomic E-state index is -0.158. The average Bonchev–Trinajstić information content (AvgIpc) is 2.53. The minimum Gasteiger partial charge on any atom is -0.378 e. The first-order valence-electron chi connectivity index (χ1n) is 7.57. The van der Waals surface area contributed by atoms with E-state index in [1.54, 1.807) is 13.3 Å². The predicted octanol–water partition coefficient (Wildman–Crippen LogP) is 0.845. The number of morpholine rings is 1. The van der Waals surface area contributed by atoms with Gasteiger partial charge in [0, 0.05) is 32.9 Å². The number of amides is 1. The molecule has 0 radical (unpaired) electrons. The topological polar surface area (TPSA) is 76.6 Å². The van der Waals surface area contributed by atoms with Crippen molar-refractivity contribution in [3.05, 3.63) is 17.5 Å². The summed E-state index contributed by atoms with van der Waals surface area (Å²) >= 11 is 0. The van der Waals surface area contributed by atoms with E-state index in [9.17, 15) is 4.79 Å². The molecular formula is C15H24N4O3. The van der Waals surface area contributed by atoms with Crippen molar-refractivity contribution in [1.29, 1.82) is 0 Å². The Bertz CT molecular complexity index is 502. The molecule has 22 heavy (non-hydrogen) atoms. The Labute approximate surface area is 131 Å². The molecule has 0 saturated carbocycles. The van der Waals surface area contributed by atoms with Gasteiger partial charge in [-0.3, -0.25) is 4.79 Å². The van der Waals surface area contributed by atoms with Crippen molar-refractivity contribution >= 4 is 11.9 Å². The number of carbonyl (C=O) groups is 1. The SMILES string of the molecule is COCc1nc(N2CCOCC2)ncc1C(=O)NCC(C)C. The standard InChI is InChI=1S/C15H24N4O3/c1-11(2)8-16-14(20)12-9-17-15(18-13(12)10-21-3)19-4-6-22-7-5-19/h9,11H,4-8,10H2,1-3H3,(H,16,20). The van der Waals surface area contributed by atoms with Crippen LogP contribution in [0.2, 0.25) is 0 Å². The maximum Gasteiger partial charge on any atom is 0.254 e. The highest BCUT2D eigenvalue weighted by atomic mass is 16.5. The molecule has 1 N–H and O–H groups in total. The molecule has 2 rings (SSSR count). The summed E-state index contributed by atoms with van der Waals surface area (Å²) in [6, 6.07) is 0. The van der Waals surface area contributed by atoms with Gasteiger partial charge in [-0.25, -0.2) is 9.97 Å². The third kappa shape index (κ3) is 4.38. The van der Waals surface area contributed by atoms with Gasteiger partial charge in [-0.05, 0) is 5.92 Å². The molecule has 0 atom stereocenters. The van der Waals surface area contributed by atoms with Crippen molar-refractivity contribution in [2.24, 2.45) is 5.92 Å². The van der Waals surface area contributed by atoms with E-state index >= 15 is 0 Å². The number of hydrogen-bond donors (Lipinski definition) is 1. The molecule has 1 saturated heterocycles. The average molecular weight is 308 g/mol. The number of carbonyl (C=O) groups excluding carboxylic acids is 1. The fourth-order valence-electron chi connectivity index (χ4n) is 2.15. The number of anilines is 1. The molecule has 1 aliphatic rings. The number of nitrogens with zero attached hydrogens (tertiary/aromatic N) is 3. The van der Waals surface area contributed by atoms with Crippen molar-refractivity contribution < 1.29 is 14.3 Å². The predicted molar refractivity (Wildman–Crippen MR) is 82.9 cm³/mol. The van der Waals surface area contributed by atoms with Crippen molar-refractivity contribution in [2.45, 2.75) is 20.5 Å². The zero-order valence-corrected chi connectivity index (χ0v) is 13.5. The molecule has 1 aliphatic heterocycles. The minimum absolute atomic E-state index is 0.158. The van der Waals surface area contributed by atoms with Gasteiger partial charge in [0.25, 0.3) is 5.91 Å². The highest BCUT2D eigenvalue weighted by Crippen LogP contribution is 2.14. The Morgan fingerprint density at radius 3 is 2.82 bits per heavy atom. The Morgan fingerprint density at radius 1 is 1.45 bits per heavy atom. The lowest BCUT2D eigenvalue weighted by atomic mass is 10.2.